The zero-order valence-corrected chi connectivity index (χ0v) is 20.8. The number of aryl methyl sites for hydroxylation is 2. The average Bonchev–Trinajstić information content (AvgIpc) is 3.31. The molecule has 0 radical (unpaired) electrons. The number of halogens is 3. The van der Waals surface area contributed by atoms with Crippen molar-refractivity contribution in [1.29, 1.82) is 0 Å². The van der Waals surface area contributed by atoms with Crippen LogP contribution < -0.4 is 10.1 Å². The van der Waals surface area contributed by atoms with E-state index in [4.69, 9.17) is 4.98 Å². The number of rotatable bonds is 5. The minimum absolute atomic E-state index is 0.257. The zero-order valence-electron chi connectivity index (χ0n) is 20.8. The van der Waals surface area contributed by atoms with Crippen LogP contribution in [0.1, 0.15) is 44.8 Å². The number of benzene rings is 2. The maximum Gasteiger partial charge on any atom is 0.573 e. The maximum absolute atomic E-state index is 12.6. The first-order chi connectivity index (χ1) is 17.1. The van der Waals surface area contributed by atoms with Gasteiger partial charge in [0.25, 0.3) is 0 Å². The molecular formula is C27H30F3N5O. The molecule has 2 aromatic carbocycles. The number of alkyl halides is 3. The van der Waals surface area contributed by atoms with Gasteiger partial charge in [-0.1, -0.05) is 19.9 Å². The Bertz CT molecular complexity index is 1360. The molecule has 5 rings (SSSR count). The third kappa shape index (κ3) is 5.05. The van der Waals surface area contributed by atoms with Crippen molar-refractivity contribution in [3.05, 3.63) is 54.2 Å². The highest BCUT2D eigenvalue weighted by molar-refractivity contribution is 5.84. The van der Waals surface area contributed by atoms with E-state index >= 15 is 0 Å². The summed E-state index contributed by atoms with van der Waals surface area (Å²) < 4.78 is 45.8. The minimum Gasteiger partial charge on any atom is -0.406 e. The molecule has 0 aliphatic heterocycles. The highest BCUT2D eigenvalue weighted by Crippen LogP contribution is 2.40. The van der Waals surface area contributed by atoms with Gasteiger partial charge in [0.2, 0.25) is 5.95 Å². The molecule has 4 aromatic rings. The molecule has 6 nitrogen and oxygen atoms in total. The summed E-state index contributed by atoms with van der Waals surface area (Å²) in [6.07, 6.45) is -1.42. The number of anilines is 2. The molecule has 2 atom stereocenters. The van der Waals surface area contributed by atoms with Crippen LogP contribution in [0.2, 0.25) is 0 Å². The van der Waals surface area contributed by atoms with Crippen molar-refractivity contribution in [1.82, 2.24) is 19.3 Å². The normalized spacial score (nSPS) is 20.6. The molecule has 1 N–H and O–H groups in total. The molecular weight excluding hydrogens is 467 g/mol. The van der Waals surface area contributed by atoms with E-state index in [0.717, 1.165) is 40.8 Å². The fourth-order valence-corrected chi connectivity index (χ4v) is 5.58. The van der Waals surface area contributed by atoms with Gasteiger partial charge in [0, 0.05) is 24.3 Å². The number of fused-ring (bicyclic) bond motifs is 1. The Labute approximate surface area is 208 Å². The summed E-state index contributed by atoms with van der Waals surface area (Å²) in [4.78, 5) is 4.95. The molecule has 190 valence electrons. The quantitative estimate of drug-likeness (QED) is 0.312. The first-order valence-electron chi connectivity index (χ1n) is 12.2. The van der Waals surface area contributed by atoms with Crippen LogP contribution in [-0.2, 0) is 7.05 Å². The van der Waals surface area contributed by atoms with Crippen molar-refractivity contribution >= 4 is 22.7 Å². The second kappa shape index (κ2) is 9.19. The van der Waals surface area contributed by atoms with Gasteiger partial charge in [-0.05, 0) is 80.5 Å². The Morgan fingerprint density at radius 3 is 2.28 bits per heavy atom. The smallest absolute Gasteiger partial charge is 0.406 e. The van der Waals surface area contributed by atoms with E-state index in [2.05, 4.69) is 51.8 Å². The zero-order chi connectivity index (χ0) is 25.6. The lowest BCUT2D eigenvalue weighted by atomic mass is 9.80. The molecule has 9 heteroatoms. The molecule has 1 fully saturated rings. The molecule has 0 saturated heterocycles. The summed E-state index contributed by atoms with van der Waals surface area (Å²) in [6, 6.07) is 14.3. The number of nitrogens with one attached hydrogen (secondary N) is 1. The second-order valence-electron chi connectivity index (χ2n) is 10.1. The Morgan fingerprint density at radius 2 is 1.67 bits per heavy atom. The molecule has 2 heterocycles. The predicted octanol–water partition coefficient (Wildman–Crippen LogP) is 7.38. The molecule has 36 heavy (non-hydrogen) atoms. The van der Waals surface area contributed by atoms with Crippen LogP contribution in [-0.4, -0.2) is 25.7 Å². The van der Waals surface area contributed by atoms with Gasteiger partial charge in [0.1, 0.15) is 5.75 Å². The van der Waals surface area contributed by atoms with Gasteiger partial charge in [-0.15, -0.1) is 13.2 Å². The van der Waals surface area contributed by atoms with Crippen LogP contribution in [0, 0.1) is 18.8 Å². The van der Waals surface area contributed by atoms with E-state index in [1.807, 2.05) is 24.7 Å². The van der Waals surface area contributed by atoms with Crippen LogP contribution in [0.5, 0.6) is 5.75 Å². The van der Waals surface area contributed by atoms with Gasteiger partial charge >= 0.3 is 6.36 Å². The number of nitrogens with zero attached hydrogens (tertiary/aromatic N) is 4. The summed E-state index contributed by atoms with van der Waals surface area (Å²) in [7, 11) is 1.93. The van der Waals surface area contributed by atoms with E-state index < -0.39 is 6.36 Å². The number of ether oxygens (including phenoxy) is 1. The third-order valence-corrected chi connectivity index (χ3v) is 6.85. The monoisotopic (exact) mass is 497 g/mol. The Kier molecular flexibility index (Phi) is 6.18. The lowest BCUT2D eigenvalue weighted by molar-refractivity contribution is -0.274. The topological polar surface area (TPSA) is 56.9 Å². The van der Waals surface area contributed by atoms with Gasteiger partial charge < -0.3 is 14.6 Å². The van der Waals surface area contributed by atoms with Crippen LogP contribution in [0.4, 0.5) is 24.8 Å². The number of imidazole rings is 1. The van der Waals surface area contributed by atoms with E-state index in [0.29, 0.717) is 23.5 Å². The Morgan fingerprint density at radius 1 is 0.972 bits per heavy atom. The van der Waals surface area contributed by atoms with Gasteiger partial charge in [-0.25, -0.2) is 4.98 Å². The van der Waals surface area contributed by atoms with Gasteiger partial charge in [-0.2, -0.15) is 5.10 Å². The van der Waals surface area contributed by atoms with Crippen LogP contribution >= 0.6 is 0 Å². The first-order valence-corrected chi connectivity index (χ1v) is 12.2. The standard InChI is InChI=1S/C27H30F3N5O/c1-16-11-17(2)13-21(12-16)35-24-10-5-19(25-14-18(3)33-34(25)4)15-23(24)32-26(35)31-20-6-8-22(9-7-20)36-27(28,29)30/h5-10,14-17,21H,11-13H2,1-4H3,(H,31,32). The Balaban J connectivity index is 1.54. The van der Waals surface area contributed by atoms with Crippen LogP contribution in [0.15, 0.2) is 48.5 Å². The largest absolute Gasteiger partial charge is 0.573 e. The fraction of sp³-hybridized carbons (Fsp3) is 0.407. The number of aromatic nitrogens is 4. The van der Waals surface area contributed by atoms with Crippen LogP contribution in [0.3, 0.4) is 0 Å². The SMILES string of the molecule is Cc1cc(-c2ccc3c(c2)nc(Nc2ccc(OC(F)(F)F)cc2)n3C2CC(C)CC(C)C2)n(C)n1. The second-order valence-corrected chi connectivity index (χ2v) is 10.1. The minimum atomic E-state index is -4.72. The molecule has 0 amide bonds. The molecule has 1 aliphatic rings. The van der Waals surface area contributed by atoms with Gasteiger partial charge in [0.05, 0.1) is 22.4 Å². The molecule has 0 bridgehead atoms. The average molecular weight is 498 g/mol. The van der Waals surface area contributed by atoms with Crippen molar-refractivity contribution in [2.75, 3.05) is 5.32 Å². The lowest BCUT2D eigenvalue weighted by Crippen LogP contribution is -2.23. The van der Waals surface area contributed by atoms with Crippen molar-refractivity contribution in [3.8, 4) is 17.0 Å². The molecule has 2 aromatic heterocycles. The first kappa shape index (κ1) is 24.2. The molecule has 1 saturated carbocycles. The molecule has 1 aliphatic carbocycles. The predicted molar refractivity (Wildman–Crippen MR) is 134 cm³/mol. The fourth-order valence-electron chi connectivity index (χ4n) is 5.58. The maximum atomic E-state index is 12.6. The van der Waals surface area contributed by atoms with E-state index in [1.54, 1.807) is 12.1 Å². The van der Waals surface area contributed by atoms with Crippen molar-refractivity contribution in [2.45, 2.75) is 52.4 Å². The van der Waals surface area contributed by atoms with Crippen molar-refractivity contribution in [2.24, 2.45) is 18.9 Å². The summed E-state index contributed by atoms with van der Waals surface area (Å²) in [5.41, 5.74) is 5.52. The molecule has 0 spiro atoms. The van der Waals surface area contributed by atoms with E-state index in [1.165, 1.54) is 18.6 Å². The van der Waals surface area contributed by atoms with E-state index in [-0.39, 0.29) is 11.8 Å². The third-order valence-electron chi connectivity index (χ3n) is 6.85. The lowest BCUT2D eigenvalue weighted by Gasteiger charge is -2.33. The Hall–Kier alpha value is -3.49. The molecule has 2 unspecified atom stereocenters. The van der Waals surface area contributed by atoms with Crippen LogP contribution in [0.25, 0.3) is 22.3 Å². The highest BCUT2D eigenvalue weighted by Gasteiger charge is 2.31. The van der Waals surface area contributed by atoms with Gasteiger partial charge in [0.15, 0.2) is 0 Å². The number of hydrogen-bond donors (Lipinski definition) is 1. The van der Waals surface area contributed by atoms with Crippen molar-refractivity contribution in [3.63, 3.8) is 0 Å². The highest BCUT2D eigenvalue weighted by atomic mass is 19.4. The summed E-state index contributed by atoms with van der Waals surface area (Å²) >= 11 is 0. The summed E-state index contributed by atoms with van der Waals surface area (Å²) in [5.74, 6) is 1.62. The van der Waals surface area contributed by atoms with Crippen molar-refractivity contribution < 1.29 is 17.9 Å². The van der Waals surface area contributed by atoms with Gasteiger partial charge in [-0.3, -0.25) is 4.68 Å². The number of hydrogen-bond acceptors (Lipinski definition) is 4. The van der Waals surface area contributed by atoms with E-state index in [9.17, 15) is 13.2 Å². The summed E-state index contributed by atoms with van der Waals surface area (Å²) in [5, 5.41) is 7.81. The summed E-state index contributed by atoms with van der Waals surface area (Å²) in [6.45, 7) is 6.55.